The van der Waals surface area contributed by atoms with Crippen LogP contribution in [0.4, 0.5) is 11.4 Å². The molecule has 114 valence electrons. The van der Waals surface area contributed by atoms with E-state index in [2.05, 4.69) is 15.5 Å². The van der Waals surface area contributed by atoms with Crippen molar-refractivity contribution in [3.63, 3.8) is 0 Å². The number of nitrogens with one attached hydrogen (secondary N) is 2. The Morgan fingerprint density at radius 1 is 1.52 bits per heavy atom. The van der Waals surface area contributed by atoms with E-state index in [-0.39, 0.29) is 22.6 Å². The van der Waals surface area contributed by atoms with Gasteiger partial charge in [-0.15, -0.1) is 0 Å². The number of nitrogens with zero attached hydrogens (tertiary/aromatic N) is 2. The highest BCUT2D eigenvalue weighted by Gasteiger charge is 2.23. The lowest BCUT2D eigenvalue weighted by Crippen LogP contribution is -2.35. The molecule has 1 aliphatic rings. The van der Waals surface area contributed by atoms with Gasteiger partial charge >= 0.3 is 0 Å². The van der Waals surface area contributed by atoms with E-state index < -0.39 is 0 Å². The molecule has 0 bridgehead atoms. The predicted octanol–water partition coefficient (Wildman–Crippen LogP) is 1.35. The standard InChI is InChI=1S/C14H20N4O3/c1-10(19)16-12-5-6-17(9-12)8-11-3-4-13(15-2)14(7-11)18(20)21/h3-4,7,12,15H,5-6,8-9H2,1-2H3,(H,16,19). The molecule has 0 aromatic heterocycles. The molecule has 21 heavy (non-hydrogen) atoms. The summed E-state index contributed by atoms with van der Waals surface area (Å²) in [7, 11) is 1.67. The van der Waals surface area contributed by atoms with Crippen LogP contribution in [0.15, 0.2) is 18.2 Å². The fraction of sp³-hybridized carbons (Fsp3) is 0.500. The quantitative estimate of drug-likeness (QED) is 0.632. The Morgan fingerprint density at radius 2 is 2.29 bits per heavy atom. The SMILES string of the molecule is CNc1ccc(CN2CCC(NC(C)=O)C2)cc1[N+](=O)[O-]. The van der Waals surface area contributed by atoms with Gasteiger partial charge in [0.1, 0.15) is 5.69 Å². The Bertz CT molecular complexity index is 547. The van der Waals surface area contributed by atoms with Crippen molar-refractivity contribution in [1.29, 1.82) is 0 Å². The van der Waals surface area contributed by atoms with Gasteiger partial charge in [0.25, 0.3) is 5.69 Å². The summed E-state index contributed by atoms with van der Waals surface area (Å²) in [6.07, 6.45) is 0.913. The zero-order valence-electron chi connectivity index (χ0n) is 12.3. The fourth-order valence-electron chi connectivity index (χ4n) is 2.68. The zero-order valence-corrected chi connectivity index (χ0v) is 12.3. The van der Waals surface area contributed by atoms with E-state index in [4.69, 9.17) is 0 Å². The van der Waals surface area contributed by atoms with Crippen molar-refractivity contribution in [3.05, 3.63) is 33.9 Å². The van der Waals surface area contributed by atoms with Crippen LogP contribution in [-0.2, 0) is 11.3 Å². The van der Waals surface area contributed by atoms with Crippen molar-refractivity contribution < 1.29 is 9.72 Å². The lowest BCUT2D eigenvalue weighted by atomic mass is 10.1. The number of likely N-dealkylation sites (tertiary alicyclic amines) is 1. The molecule has 0 radical (unpaired) electrons. The molecule has 7 heteroatoms. The number of hydrogen-bond donors (Lipinski definition) is 2. The number of carbonyl (C=O) groups excluding carboxylic acids is 1. The van der Waals surface area contributed by atoms with Crippen LogP contribution in [-0.4, -0.2) is 41.9 Å². The van der Waals surface area contributed by atoms with Gasteiger partial charge in [-0.2, -0.15) is 0 Å². The van der Waals surface area contributed by atoms with Gasteiger partial charge in [0.2, 0.25) is 5.91 Å². The van der Waals surface area contributed by atoms with Crippen LogP contribution in [0, 0.1) is 10.1 Å². The van der Waals surface area contributed by atoms with Gasteiger partial charge in [0, 0.05) is 45.7 Å². The molecule has 1 saturated heterocycles. The topological polar surface area (TPSA) is 87.5 Å². The summed E-state index contributed by atoms with van der Waals surface area (Å²) in [5.41, 5.74) is 1.51. The maximum atomic E-state index is 11.0. The Labute approximate surface area is 123 Å². The lowest BCUT2D eigenvalue weighted by Gasteiger charge is -2.16. The number of hydrogen-bond acceptors (Lipinski definition) is 5. The van der Waals surface area contributed by atoms with Crippen molar-refractivity contribution in [2.45, 2.75) is 25.9 Å². The van der Waals surface area contributed by atoms with E-state index >= 15 is 0 Å². The third-order valence-corrected chi connectivity index (χ3v) is 3.61. The Balaban J connectivity index is 2.02. The van der Waals surface area contributed by atoms with E-state index in [1.54, 1.807) is 19.2 Å². The van der Waals surface area contributed by atoms with Crippen molar-refractivity contribution in [3.8, 4) is 0 Å². The maximum absolute atomic E-state index is 11.0. The summed E-state index contributed by atoms with van der Waals surface area (Å²) in [6, 6.07) is 5.41. The number of nitro benzene ring substituents is 1. The molecular formula is C14H20N4O3. The van der Waals surface area contributed by atoms with Crippen molar-refractivity contribution in [2.75, 3.05) is 25.5 Å². The number of anilines is 1. The highest BCUT2D eigenvalue weighted by molar-refractivity contribution is 5.73. The Kier molecular flexibility index (Phi) is 4.74. The first-order valence-electron chi connectivity index (χ1n) is 6.94. The first-order valence-corrected chi connectivity index (χ1v) is 6.94. The van der Waals surface area contributed by atoms with Crippen LogP contribution >= 0.6 is 0 Å². The predicted molar refractivity (Wildman–Crippen MR) is 80.1 cm³/mol. The van der Waals surface area contributed by atoms with Gasteiger partial charge in [-0.1, -0.05) is 6.07 Å². The van der Waals surface area contributed by atoms with Crippen LogP contribution in [0.5, 0.6) is 0 Å². The van der Waals surface area contributed by atoms with Crippen molar-refractivity contribution in [1.82, 2.24) is 10.2 Å². The number of benzene rings is 1. The van der Waals surface area contributed by atoms with Crippen LogP contribution < -0.4 is 10.6 Å². The monoisotopic (exact) mass is 292 g/mol. The van der Waals surface area contributed by atoms with Crippen LogP contribution in [0.2, 0.25) is 0 Å². The van der Waals surface area contributed by atoms with Gasteiger partial charge in [-0.25, -0.2) is 0 Å². The average molecular weight is 292 g/mol. The van der Waals surface area contributed by atoms with E-state index in [0.717, 1.165) is 25.1 Å². The second kappa shape index (κ2) is 6.53. The summed E-state index contributed by atoms with van der Waals surface area (Å²) in [6.45, 7) is 3.83. The molecule has 1 aromatic carbocycles. The van der Waals surface area contributed by atoms with Crippen LogP contribution in [0.3, 0.4) is 0 Å². The minimum Gasteiger partial charge on any atom is -0.383 e. The molecule has 1 unspecified atom stereocenters. The number of nitro groups is 1. The maximum Gasteiger partial charge on any atom is 0.292 e. The number of amides is 1. The minimum atomic E-state index is -0.376. The Hall–Kier alpha value is -2.15. The van der Waals surface area contributed by atoms with Crippen molar-refractivity contribution in [2.24, 2.45) is 0 Å². The van der Waals surface area contributed by atoms with Gasteiger partial charge in [-0.3, -0.25) is 19.8 Å². The molecule has 1 fully saturated rings. The van der Waals surface area contributed by atoms with E-state index in [9.17, 15) is 14.9 Å². The molecular weight excluding hydrogens is 272 g/mol. The molecule has 1 amide bonds. The van der Waals surface area contributed by atoms with Crippen molar-refractivity contribution >= 4 is 17.3 Å². The molecule has 1 heterocycles. The van der Waals surface area contributed by atoms with Gasteiger partial charge in [-0.05, 0) is 18.1 Å². The smallest absolute Gasteiger partial charge is 0.292 e. The first kappa shape index (κ1) is 15.2. The largest absolute Gasteiger partial charge is 0.383 e. The molecule has 1 aromatic rings. The molecule has 1 atom stereocenters. The summed E-state index contributed by atoms with van der Waals surface area (Å²) in [5.74, 6) is -0.0177. The Morgan fingerprint density at radius 3 is 2.90 bits per heavy atom. The minimum absolute atomic E-state index is 0.0177. The molecule has 7 nitrogen and oxygen atoms in total. The lowest BCUT2D eigenvalue weighted by molar-refractivity contribution is -0.384. The van der Waals surface area contributed by atoms with E-state index in [1.807, 2.05) is 6.07 Å². The zero-order chi connectivity index (χ0) is 15.4. The molecule has 2 N–H and O–H groups in total. The summed E-state index contributed by atoms with van der Waals surface area (Å²) < 4.78 is 0. The third-order valence-electron chi connectivity index (χ3n) is 3.61. The second-order valence-electron chi connectivity index (χ2n) is 5.28. The molecule has 1 aliphatic heterocycles. The average Bonchev–Trinajstić information content (AvgIpc) is 2.85. The van der Waals surface area contributed by atoms with Crippen LogP contribution in [0.25, 0.3) is 0 Å². The highest BCUT2D eigenvalue weighted by atomic mass is 16.6. The molecule has 0 aliphatic carbocycles. The molecule has 0 saturated carbocycles. The first-order chi connectivity index (χ1) is 9.99. The summed E-state index contributed by atoms with van der Waals surface area (Å²) >= 11 is 0. The summed E-state index contributed by atoms with van der Waals surface area (Å²) in [4.78, 5) is 23.9. The second-order valence-corrected chi connectivity index (χ2v) is 5.28. The van der Waals surface area contributed by atoms with Crippen LogP contribution in [0.1, 0.15) is 18.9 Å². The highest BCUT2D eigenvalue weighted by Crippen LogP contribution is 2.26. The number of carbonyl (C=O) groups is 1. The van der Waals surface area contributed by atoms with Gasteiger partial charge in [0.05, 0.1) is 4.92 Å². The number of rotatable bonds is 5. The fourth-order valence-corrected chi connectivity index (χ4v) is 2.68. The van der Waals surface area contributed by atoms with Gasteiger partial charge < -0.3 is 10.6 Å². The molecule has 0 spiro atoms. The normalized spacial score (nSPS) is 18.5. The van der Waals surface area contributed by atoms with E-state index in [1.165, 1.54) is 6.92 Å². The molecule has 2 rings (SSSR count). The summed E-state index contributed by atoms with van der Waals surface area (Å²) in [5, 5.41) is 16.8. The van der Waals surface area contributed by atoms with E-state index in [0.29, 0.717) is 12.2 Å². The third kappa shape index (κ3) is 3.91. The van der Waals surface area contributed by atoms with Gasteiger partial charge in [0.15, 0.2) is 0 Å².